The first-order valence-electron chi connectivity index (χ1n) is 6.35. The molecule has 0 spiro atoms. The molecule has 0 aliphatic rings. The molecule has 0 aromatic heterocycles. The van der Waals surface area contributed by atoms with Crippen LogP contribution in [0.2, 0.25) is 0 Å². The number of nitrogens with two attached hydrogens (primary N) is 1. The molecule has 3 N–H and O–H groups in total. The monoisotopic (exact) mass is 286 g/mol. The molecular formula is C13H22N2O3S. The normalized spacial score (nSPS) is 13.5. The van der Waals surface area contributed by atoms with Crippen molar-refractivity contribution in [2.24, 2.45) is 11.7 Å². The Bertz CT molecular complexity index is 483. The molecule has 1 aromatic rings. The van der Waals surface area contributed by atoms with Gasteiger partial charge in [-0.1, -0.05) is 13.8 Å². The molecule has 0 heterocycles. The lowest BCUT2D eigenvalue weighted by Gasteiger charge is -2.16. The number of hydrogen-bond donors (Lipinski definition) is 2. The van der Waals surface area contributed by atoms with Crippen LogP contribution >= 0.6 is 0 Å². The van der Waals surface area contributed by atoms with E-state index in [1.165, 1.54) is 12.1 Å². The molecule has 0 fully saturated rings. The van der Waals surface area contributed by atoms with Crippen molar-refractivity contribution < 1.29 is 13.2 Å². The van der Waals surface area contributed by atoms with Gasteiger partial charge >= 0.3 is 0 Å². The van der Waals surface area contributed by atoms with E-state index in [4.69, 9.17) is 10.5 Å². The molecule has 108 valence electrons. The van der Waals surface area contributed by atoms with E-state index in [-0.39, 0.29) is 23.4 Å². The van der Waals surface area contributed by atoms with Crippen molar-refractivity contribution in [3.05, 3.63) is 24.3 Å². The van der Waals surface area contributed by atoms with Crippen LogP contribution in [-0.4, -0.2) is 27.6 Å². The summed E-state index contributed by atoms with van der Waals surface area (Å²) in [6.45, 7) is 6.56. The van der Waals surface area contributed by atoms with Gasteiger partial charge in [-0.25, -0.2) is 13.1 Å². The van der Waals surface area contributed by atoms with Crippen LogP contribution in [0, 0.1) is 5.92 Å². The Hall–Kier alpha value is -1.11. The van der Waals surface area contributed by atoms with Gasteiger partial charge in [0.1, 0.15) is 5.75 Å². The zero-order chi connectivity index (χ0) is 14.5. The Kier molecular flexibility index (Phi) is 5.78. The summed E-state index contributed by atoms with van der Waals surface area (Å²) in [6.07, 6.45) is 0. The van der Waals surface area contributed by atoms with Crippen LogP contribution < -0.4 is 15.2 Å². The second-order valence-corrected chi connectivity index (χ2v) is 6.43. The van der Waals surface area contributed by atoms with E-state index in [1.54, 1.807) is 12.1 Å². The average molecular weight is 286 g/mol. The number of benzene rings is 1. The second-order valence-electron chi connectivity index (χ2n) is 4.66. The van der Waals surface area contributed by atoms with E-state index < -0.39 is 10.0 Å². The van der Waals surface area contributed by atoms with Crippen molar-refractivity contribution in [3.63, 3.8) is 0 Å². The van der Waals surface area contributed by atoms with Gasteiger partial charge in [0.15, 0.2) is 0 Å². The van der Waals surface area contributed by atoms with E-state index in [0.29, 0.717) is 12.4 Å². The fourth-order valence-electron chi connectivity index (χ4n) is 1.41. The minimum Gasteiger partial charge on any atom is -0.494 e. The van der Waals surface area contributed by atoms with Crippen molar-refractivity contribution in [1.29, 1.82) is 0 Å². The van der Waals surface area contributed by atoms with Gasteiger partial charge < -0.3 is 10.5 Å². The van der Waals surface area contributed by atoms with Gasteiger partial charge in [-0.3, -0.25) is 0 Å². The van der Waals surface area contributed by atoms with Gasteiger partial charge in [0.25, 0.3) is 0 Å². The van der Waals surface area contributed by atoms with Gasteiger partial charge in [-0.15, -0.1) is 0 Å². The summed E-state index contributed by atoms with van der Waals surface area (Å²) < 4.78 is 31.8. The van der Waals surface area contributed by atoms with Crippen molar-refractivity contribution in [2.75, 3.05) is 13.2 Å². The highest BCUT2D eigenvalue weighted by molar-refractivity contribution is 7.89. The molecule has 0 aliphatic carbocycles. The van der Waals surface area contributed by atoms with Crippen LogP contribution in [0.5, 0.6) is 5.75 Å². The summed E-state index contributed by atoms with van der Waals surface area (Å²) in [6, 6.07) is 6.13. The SMILES string of the molecule is CCOc1ccc(S(=O)(=O)NCC(N)C(C)C)cc1. The van der Waals surface area contributed by atoms with E-state index in [0.717, 1.165) is 0 Å². The minimum atomic E-state index is -3.51. The first kappa shape index (κ1) is 15.9. The quantitative estimate of drug-likeness (QED) is 0.792. The largest absolute Gasteiger partial charge is 0.494 e. The van der Waals surface area contributed by atoms with E-state index in [1.807, 2.05) is 20.8 Å². The van der Waals surface area contributed by atoms with Crippen LogP contribution in [0.25, 0.3) is 0 Å². The number of ether oxygens (including phenoxy) is 1. The molecule has 1 aromatic carbocycles. The van der Waals surface area contributed by atoms with E-state index >= 15 is 0 Å². The third kappa shape index (κ3) is 4.81. The third-order valence-corrected chi connectivity index (χ3v) is 4.25. The van der Waals surface area contributed by atoms with E-state index in [2.05, 4.69) is 4.72 Å². The number of rotatable bonds is 7. The summed E-state index contributed by atoms with van der Waals surface area (Å²) in [4.78, 5) is 0.215. The van der Waals surface area contributed by atoms with Gasteiger partial charge in [-0.05, 0) is 37.1 Å². The molecule has 1 atom stereocenters. The molecule has 0 bridgehead atoms. The standard InChI is InChI=1S/C13H22N2O3S/c1-4-18-11-5-7-12(8-6-11)19(16,17)15-9-13(14)10(2)3/h5-8,10,13,15H,4,9,14H2,1-3H3. The maximum absolute atomic E-state index is 12.0. The van der Waals surface area contributed by atoms with E-state index in [9.17, 15) is 8.42 Å². The molecule has 19 heavy (non-hydrogen) atoms. The number of nitrogens with one attached hydrogen (secondary N) is 1. The van der Waals surface area contributed by atoms with Gasteiger partial charge in [0, 0.05) is 12.6 Å². The fourth-order valence-corrected chi connectivity index (χ4v) is 2.48. The van der Waals surface area contributed by atoms with Crippen molar-refractivity contribution in [2.45, 2.75) is 31.7 Å². The summed E-state index contributed by atoms with van der Waals surface area (Å²) in [5.41, 5.74) is 5.82. The van der Waals surface area contributed by atoms with Crippen LogP contribution in [0.3, 0.4) is 0 Å². The highest BCUT2D eigenvalue weighted by Crippen LogP contribution is 2.15. The molecule has 1 unspecified atom stereocenters. The maximum atomic E-state index is 12.0. The molecule has 5 nitrogen and oxygen atoms in total. The van der Waals surface area contributed by atoms with Crippen molar-refractivity contribution in [1.82, 2.24) is 4.72 Å². The van der Waals surface area contributed by atoms with Crippen LogP contribution in [0.1, 0.15) is 20.8 Å². The van der Waals surface area contributed by atoms with Gasteiger partial charge in [0.05, 0.1) is 11.5 Å². The predicted octanol–water partition coefficient (Wildman–Crippen LogP) is 1.35. The second kappa shape index (κ2) is 6.88. The lowest BCUT2D eigenvalue weighted by molar-refractivity contribution is 0.340. The van der Waals surface area contributed by atoms with Gasteiger partial charge in [-0.2, -0.15) is 0 Å². The van der Waals surface area contributed by atoms with Crippen LogP contribution in [0.15, 0.2) is 29.2 Å². The minimum absolute atomic E-state index is 0.197. The maximum Gasteiger partial charge on any atom is 0.240 e. The first-order valence-corrected chi connectivity index (χ1v) is 7.83. The third-order valence-electron chi connectivity index (χ3n) is 2.81. The Morgan fingerprint density at radius 3 is 2.32 bits per heavy atom. The molecule has 6 heteroatoms. The van der Waals surface area contributed by atoms with Crippen molar-refractivity contribution >= 4 is 10.0 Å². The molecule has 0 saturated carbocycles. The topological polar surface area (TPSA) is 81.4 Å². The van der Waals surface area contributed by atoms with Crippen LogP contribution in [-0.2, 0) is 10.0 Å². The lowest BCUT2D eigenvalue weighted by atomic mass is 10.1. The van der Waals surface area contributed by atoms with Gasteiger partial charge in [0.2, 0.25) is 10.0 Å². The highest BCUT2D eigenvalue weighted by Gasteiger charge is 2.16. The summed E-state index contributed by atoms with van der Waals surface area (Å²) in [7, 11) is -3.51. The first-order chi connectivity index (χ1) is 8.86. The zero-order valence-corrected chi connectivity index (χ0v) is 12.4. The molecule has 0 radical (unpaired) electrons. The number of hydrogen-bond acceptors (Lipinski definition) is 4. The average Bonchev–Trinajstić information content (AvgIpc) is 2.37. The molecule has 0 saturated heterocycles. The number of sulfonamides is 1. The Morgan fingerprint density at radius 2 is 1.84 bits per heavy atom. The zero-order valence-electron chi connectivity index (χ0n) is 11.6. The van der Waals surface area contributed by atoms with Crippen molar-refractivity contribution in [3.8, 4) is 5.75 Å². The molecule has 0 aliphatic heterocycles. The summed E-state index contributed by atoms with van der Waals surface area (Å²) in [5, 5.41) is 0. The Balaban J connectivity index is 2.71. The Labute approximate surface area is 115 Å². The highest BCUT2D eigenvalue weighted by atomic mass is 32.2. The molecule has 0 amide bonds. The molecular weight excluding hydrogens is 264 g/mol. The Morgan fingerprint density at radius 1 is 1.26 bits per heavy atom. The smallest absolute Gasteiger partial charge is 0.240 e. The summed E-state index contributed by atoms with van der Waals surface area (Å²) >= 11 is 0. The predicted molar refractivity (Wildman–Crippen MR) is 75.6 cm³/mol. The fraction of sp³-hybridized carbons (Fsp3) is 0.538. The summed E-state index contributed by atoms with van der Waals surface area (Å²) in [5.74, 6) is 0.878. The lowest BCUT2D eigenvalue weighted by Crippen LogP contribution is -2.40. The van der Waals surface area contributed by atoms with Crippen LogP contribution in [0.4, 0.5) is 0 Å². The molecule has 1 rings (SSSR count).